The van der Waals surface area contributed by atoms with E-state index in [4.69, 9.17) is 0 Å². The van der Waals surface area contributed by atoms with Gasteiger partial charge in [-0.05, 0) is 42.3 Å². The molecule has 4 aromatic rings. The van der Waals surface area contributed by atoms with Gasteiger partial charge in [-0.25, -0.2) is 4.98 Å². The van der Waals surface area contributed by atoms with Crippen molar-refractivity contribution >= 4 is 45.1 Å². The largest absolute Gasteiger partial charge is 0.805 e. The number of thiazole rings is 1. The van der Waals surface area contributed by atoms with Crippen LogP contribution < -0.4 is 14.5 Å². The molecule has 0 radical (unpaired) electrons. The number of benzene rings is 2. The van der Waals surface area contributed by atoms with Crippen LogP contribution in [-0.4, -0.2) is 14.8 Å². The molecule has 4 rings (SSSR count). The fourth-order valence-corrected chi connectivity index (χ4v) is 3.83. The van der Waals surface area contributed by atoms with Gasteiger partial charge in [0.2, 0.25) is 0 Å². The van der Waals surface area contributed by atoms with Crippen molar-refractivity contribution in [2.45, 2.75) is 11.1 Å². The summed E-state index contributed by atoms with van der Waals surface area (Å²) in [5, 5.41) is 28.5. The number of nitrogens with zero attached hydrogens (tertiary/aromatic N) is 3. The number of nitrogens with one attached hydrogen (secondary N) is 2. The van der Waals surface area contributed by atoms with Crippen LogP contribution in [-0.2, 0) is 0 Å². The summed E-state index contributed by atoms with van der Waals surface area (Å²) in [6, 6.07) is 13.7. The molecule has 1 atom stereocenters. The van der Waals surface area contributed by atoms with Gasteiger partial charge in [-0.15, -0.1) is 11.3 Å². The summed E-state index contributed by atoms with van der Waals surface area (Å²) >= 11 is 2.92. The first-order chi connectivity index (χ1) is 13.6. The highest BCUT2D eigenvalue weighted by atomic mass is 32.2. The van der Waals surface area contributed by atoms with Crippen molar-refractivity contribution in [1.29, 1.82) is 0 Å². The highest BCUT2D eigenvalue weighted by Gasteiger charge is 2.17. The molecule has 142 valence electrons. The Balaban J connectivity index is 1.49. The van der Waals surface area contributed by atoms with E-state index < -0.39 is 6.23 Å². The number of aliphatic hydroxyl groups excluding tert-OH is 1. The molecule has 0 spiro atoms. The van der Waals surface area contributed by atoms with Crippen LogP contribution in [0.25, 0.3) is 11.0 Å². The van der Waals surface area contributed by atoms with Gasteiger partial charge in [0, 0.05) is 33.1 Å². The van der Waals surface area contributed by atoms with Crippen LogP contribution in [0.5, 0.6) is 0 Å². The number of fused-ring (bicyclic) bond motifs is 1. The maximum atomic E-state index is 12.5. The standard InChI is InChI=1S/C18H15N5O3S2/c24-17(16-11-22(25)14-3-1-2-4-15(14)23(16)26)20-12-5-7-13(8-6-12)28-21-18-19-9-10-27-18/h1-11,17,20,24H,(H,19,21). The molecule has 0 aliphatic rings. The Labute approximate surface area is 167 Å². The number of para-hydroxylation sites is 2. The van der Waals surface area contributed by atoms with Crippen molar-refractivity contribution in [2.75, 3.05) is 10.0 Å². The first-order valence-electron chi connectivity index (χ1n) is 8.23. The fraction of sp³-hybridized carbons (Fsp3) is 0.0556. The van der Waals surface area contributed by atoms with Crippen LogP contribution in [0.2, 0.25) is 0 Å². The zero-order valence-electron chi connectivity index (χ0n) is 14.4. The van der Waals surface area contributed by atoms with Gasteiger partial charge < -0.3 is 25.1 Å². The normalized spacial score (nSPS) is 12.0. The predicted octanol–water partition coefficient (Wildman–Crippen LogP) is 3.58. The molecule has 8 nitrogen and oxygen atoms in total. The Morgan fingerprint density at radius 3 is 2.75 bits per heavy atom. The Kier molecular flexibility index (Phi) is 5.15. The molecule has 2 aromatic heterocycles. The van der Waals surface area contributed by atoms with E-state index in [9.17, 15) is 15.2 Å². The van der Waals surface area contributed by atoms with Gasteiger partial charge >= 0.3 is 0 Å². The molecule has 0 amide bonds. The van der Waals surface area contributed by atoms with E-state index in [0.29, 0.717) is 14.8 Å². The monoisotopic (exact) mass is 413 g/mol. The first kappa shape index (κ1) is 18.3. The summed E-state index contributed by atoms with van der Waals surface area (Å²) in [5.74, 6) is 0. The van der Waals surface area contributed by atoms with E-state index >= 15 is 0 Å². The Morgan fingerprint density at radius 2 is 2.00 bits per heavy atom. The quantitative estimate of drug-likeness (QED) is 0.252. The maximum absolute atomic E-state index is 12.5. The highest BCUT2D eigenvalue weighted by Crippen LogP contribution is 2.25. The fourth-order valence-electron chi connectivity index (χ4n) is 2.61. The van der Waals surface area contributed by atoms with Gasteiger partial charge in [-0.3, -0.25) is 0 Å². The second kappa shape index (κ2) is 7.89. The Hall–Kier alpha value is -3.08. The lowest BCUT2D eigenvalue weighted by Crippen LogP contribution is -2.24. The summed E-state index contributed by atoms with van der Waals surface area (Å²) in [7, 11) is 0. The lowest BCUT2D eigenvalue weighted by molar-refractivity contribution is -0.465. The molecule has 1 unspecified atom stereocenters. The topological polar surface area (TPSA) is 108 Å². The summed E-state index contributed by atoms with van der Waals surface area (Å²) in [5.41, 5.74) is 0.952. The first-order valence-corrected chi connectivity index (χ1v) is 9.93. The second-order valence-corrected chi connectivity index (χ2v) is 7.55. The van der Waals surface area contributed by atoms with Crippen LogP contribution in [0, 0.1) is 10.1 Å². The second-order valence-electron chi connectivity index (χ2n) is 5.78. The number of hydrogen-bond donors (Lipinski definition) is 3. The number of hydrogen-bond acceptors (Lipinski definition) is 8. The lowest BCUT2D eigenvalue weighted by atomic mass is 10.2. The molecule has 10 heteroatoms. The number of aromatic nitrogens is 3. The highest BCUT2D eigenvalue weighted by molar-refractivity contribution is 8.00. The minimum atomic E-state index is -1.34. The van der Waals surface area contributed by atoms with Gasteiger partial charge in [0.15, 0.2) is 11.4 Å². The summed E-state index contributed by atoms with van der Waals surface area (Å²) < 4.78 is 4.27. The van der Waals surface area contributed by atoms with Crippen LogP contribution in [0.3, 0.4) is 0 Å². The SMILES string of the molecule is O=[n+]1cc(C(O)Nc2ccc(SNc3nccs3)cc2)n([O-])c2ccccc21. The van der Waals surface area contributed by atoms with E-state index in [1.54, 1.807) is 36.5 Å². The molecule has 2 heterocycles. The van der Waals surface area contributed by atoms with Gasteiger partial charge in [0.05, 0.1) is 4.43 Å². The zero-order valence-corrected chi connectivity index (χ0v) is 16.0. The van der Waals surface area contributed by atoms with Gasteiger partial charge in [0.25, 0.3) is 11.7 Å². The lowest BCUT2D eigenvalue weighted by Gasteiger charge is -2.21. The molecule has 28 heavy (non-hydrogen) atoms. The molecular formula is C18H15N5O3S2. The third-order valence-electron chi connectivity index (χ3n) is 3.95. The summed E-state index contributed by atoms with van der Waals surface area (Å²) in [6.07, 6.45) is 1.46. The molecule has 0 aliphatic carbocycles. The van der Waals surface area contributed by atoms with Crippen molar-refractivity contribution in [3.05, 3.63) is 82.1 Å². The zero-order chi connectivity index (χ0) is 19.5. The van der Waals surface area contributed by atoms with Crippen molar-refractivity contribution < 1.29 is 9.53 Å². The molecule has 0 fully saturated rings. The van der Waals surface area contributed by atoms with E-state index in [0.717, 1.165) is 16.2 Å². The van der Waals surface area contributed by atoms with Gasteiger partial charge in [-0.1, -0.05) is 12.1 Å². The van der Waals surface area contributed by atoms with Crippen molar-refractivity contribution in [1.82, 2.24) is 9.71 Å². The molecular weight excluding hydrogens is 398 g/mol. The molecule has 0 saturated carbocycles. The van der Waals surface area contributed by atoms with E-state index in [2.05, 4.69) is 15.0 Å². The van der Waals surface area contributed by atoms with Crippen LogP contribution in [0.4, 0.5) is 10.8 Å². The number of aliphatic hydroxyl groups is 1. The van der Waals surface area contributed by atoms with Crippen LogP contribution >= 0.6 is 23.3 Å². The van der Waals surface area contributed by atoms with Crippen LogP contribution in [0.1, 0.15) is 11.9 Å². The predicted molar refractivity (Wildman–Crippen MR) is 111 cm³/mol. The molecule has 0 bridgehead atoms. The van der Waals surface area contributed by atoms with E-state index in [1.807, 2.05) is 17.5 Å². The smallest absolute Gasteiger partial charge is 0.285 e. The molecule has 3 N–H and O–H groups in total. The van der Waals surface area contributed by atoms with E-state index in [1.165, 1.54) is 29.4 Å². The van der Waals surface area contributed by atoms with Gasteiger partial charge in [-0.2, -0.15) is 0 Å². The van der Waals surface area contributed by atoms with Crippen LogP contribution in [0.15, 0.2) is 71.2 Å². The average Bonchev–Trinajstić information content (AvgIpc) is 3.24. The Bertz CT molecular complexity index is 1150. The molecule has 2 aromatic carbocycles. The minimum Gasteiger partial charge on any atom is -0.805 e. The van der Waals surface area contributed by atoms with Crippen molar-refractivity contribution in [3.63, 3.8) is 0 Å². The van der Waals surface area contributed by atoms with Crippen molar-refractivity contribution in [2.24, 2.45) is 0 Å². The third kappa shape index (κ3) is 3.79. The summed E-state index contributed by atoms with van der Waals surface area (Å²) in [4.78, 5) is 17.2. The Morgan fingerprint density at radius 1 is 1.21 bits per heavy atom. The summed E-state index contributed by atoms with van der Waals surface area (Å²) in [6.45, 7) is 0. The molecule has 0 aliphatic heterocycles. The van der Waals surface area contributed by atoms with E-state index in [-0.39, 0.29) is 16.7 Å². The average molecular weight is 413 g/mol. The molecule has 0 saturated heterocycles. The van der Waals surface area contributed by atoms with Crippen molar-refractivity contribution in [3.8, 4) is 0 Å². The minimum absolute atomic E-state index is 0.0856. The number of rotatable bonds is 6. The number of anilines is 2. The van der Waals surface area contributed by atoms with Gasteiger partial charge in [0.1, 0.15) is 11.2 Å². The maximum Gasteiger partial charge on any atom is 0.285 e. The third-order valence-corrected chi connectivity index (χ3v) is 5.57.